The van der Waals surface area contributed by atoms with Gasteiger partial charge in [-0.3, -0.25) is 9.59 Å². The van der Waals surface area contributed by atoms with Crippen molar-refractivity contribution in [2.45, 2.75) is 65.8 Å². The normalized spacial score (nSPS) is 13.5. The average molecular weight is 550 g/mol. The number of anilines is 2. The number of hydrogen-bond donors (Lipinski definition) is 2. The fourth-order valence-corrected chi connectivity index (χ4v) is 6.07. The molecule has 0 bridgehead atoms. The molecule has 9 heteroatoms. The molecule has 8 nitrogen and oxygen atoms in total. The molecule has 2 N–H and O–H groups in total. The van der Waals surface area contributed by atoms with Gasteiger partial charge >= 0.3 is 12.0 Å². The first-order valence-corrected chi connectivity index (χ1v) is 13.9. The zero-order chi connectivity index (χ0) is 28.1. The lowest BCUT2D eigenvalue weighted by Crippen LogP contribution is -2.42. The number of nitrogens with one attached hydrogen (secondary N) is 2. The summed E-state index contributed by atoms with van der Waals surface area (Å²) in [7, 11) is 1.60. The molecule has 0 radical (unpaired) electrons. The molecule has 3 amide bonds. The van der Waals surface area contributed by atoms with Crippen LogP contribution >= 0.6 is 11.3 Å². The highest BCUT2D eigenvalue weighted by atomic mass is 32.1. The molecule has 2 aromatic carbocycles. The fourth-order valence-electron chi connectivity index (χ4n) is 5.02. The Bertz CT molecular complexity index is 1340. The van der Waals surface area contributed by atoms with Crippen molar-refractivity contribution in [3.05, 3.63) is 64.0 Å². The Kier molecular flexibility index (Phi) is 8.91. The Morgan fingerprint density at radius 1 is 0.923 bits per heavy atom. The number of methoxy groups -OCH3 is 1. The van der Waals surface area contributed by atoms with E-state index in [1.54, 1.807) is 13.2 Å². The Labute approximate surface area is 233 Å². The van der Waals surface area contributed by atoms with Crippen LogP contribution in [0.4, 0.5) is 16.2 Å². The number of carbonyl (C=O) groups excluding carboxylic acids is 3. The summed E-state index contributed by atoms with van der Waals surface area (Å²) in [4.78, 5) is 45.6. The van der Waals surface area contributed by atoms with E-state index in [0.29, 0.717) is 16.3 Å². The van der Waals surface area contributed by atoms with E-state index in [1.165, 1.54) is 23.3 Å². The van der Waals surface area contributed by atoms with E-state index in [1.807, 2.05) is 57.2 Å². The highest BCUT2D eigenvalue weighted by Gasteiger charge is 2.32. The summed E-state index contributed by atoms with van der Waals surface area (Å²) < 4.78 is 5.27. The topological polar surface area (TPSA) is 97.0 Å². The molecule has 1 aliphatic rings. The summed E-state index contributed by atoms with van der Waals surface area (Å²) in [6.45, 7) is 7.18. The molecule has 3 aromatic rings. The molecule has 0 aliphatic heterocycles. The number of benzene rings is 2. The van der Waals surface area contributed by atoms with Gasteiger partial charge in [-0.1, -0.05) is 37.0 Å². The molecule has 1 heterocycles. The van der Waals surface area contributed by atoms with Gasteiger partial charge in [0.2, 0.25) is 0 Å². The summed E-state index contributed by atoms with van der Waals surface area (Å²) in [6.07, 6.45) is 4.51. The first-order valence-electron chi connectivity index (χ1n) is 13.1. The van der Waals surface area contributed by atoms with Crippen molar-refractivity contribution >= 4 is 40.6 Å². The number of nitrogens with zero attached hydrogens (tertiary/aromatic N) is 1. The van der Waals surface area contributed by atoms with Crippen molar-refractivity contribution < 1.29 is 24.0 Å². The van der Waals surface area contributed by atoms with Crippen molar-refractivity contribution in [3.63, 3.8) is 0 Å². The Morgan fingerprint density at radius 2 is 1.56 bits per heavy atom. The number of thiophene rings is 1. The molecule has 4 rings (SSSR count). The van der Waals surface area contributed by atoms with Crippen LogP contribution in [0.3, 0.4) is 0 Å². The van der Waals surface area contributed by atoms with E-state index in [4.69, 9.17) is 9.57 Å². The summed E-state index contributed by atoms with van der Waals surface area (Å²) in [6, 6.07) is 12.6. The van der Waals surface area contributed by atoms with Crippen LogP contribution in [0.5, 0.6) is 5.75 Å². The van der Waals surface area contributed by atoms with Gasteiger partial charge in [0, 0.05) is 17.5 Å². The van der Waals surface area contributed by atoms with Gasteiger partial charge in [-0.25, -0.2) is 4.79 Å². The third kappa shape index (κ3) is 6.78. The maximum Gasteiger partial charge on any atom is 0.329 e. The summed E-state index contributed by atoms with van der Waals surface area (Å²) in [5, 5.41) is 7.03. The van der Waals surface area contributed by atoms with Crippen LogP contribution in [0.1, 0.15) is 65.4 Å². The summed E-state index contributed by atoms with van der Waals surface area (Å²) in [5.74, 6) is -0.287. The van der Waals surface area contributed by atoms with Gasteiger partial charge in [-0.15, -0.1) is 11.3 Å². The van der Waals surface area contributed by atoms with E-state index < -0.39 is 17.9 Å². The molecule has 0 atom stereocenters. The zero-order valence-corrected chi connectivity index (χ0v) is 23.9. The van der Waals surface area contributed by atoms with Crippen molar-refractivity contribution in [1.82, 2.24) is 5.06 Å². The Morgan fingerprint density at radius 3 is 2.15 bits per heavy atom. The third-order valence-corrected chi connectivity index (χ3v) is 7.97. The van der Waals surface area contributed by atoms with Crippen LogP contribution in [-0.2, 0) is 9.63 Å². The van der Waals surface area contributed by atoms with Gasteiger partial charge in [-0.05, 0) is 80.6 Å². The smallest absolute Gasteiger partial charge is 0.329 e. The lowest BCUT2D eigenvalue weighted by Gasteiger charge is -2.31. The minimum atomic E-state index is -0.557. The summed E-state index contributed by atoms with van der Waals surface area (Å²) in [5.41, 5.74) is 4.94. The lowest BCUT2D eigenvalue weighted by atomic mass is 9.95. The Balaban J connectivity index is 1.69. The molecule has 0 spiro atoms. The minimum absolute atomic E-state index is 0.207. The number of aryl methyl sites for hydroxylation is 3. The number of urea groups is 1. The number of carbonyl (C=O) groups is 3. The molecule has 39 heavy (non-hydrogen) atoms. The second-order valence-electron chi connectivity index (χ2n) is 9.94. The first kappa shape index (κ1) is 28.2. The fraction of sp³-hybridized carbons (Fsp3) is 0.367. The molecular formula is C30H35N3O5S. The molecule has 1 aromatic heterocycles. The molecule has 0 unspecified atom stereocenters. The second-order valence-corrected chi connectivity index (χ2v) is 11.0. The highest BCUT2D eigenvalue weighted by molar-refractivity contribution is 7.18. The van der Waals surface area contributed by atoms with Gasteiger partial charge in [0.15, 0.2) is 0 Å². The average Bonchev–Trinajstić information content (AvgIpc) is 3.33. The molecule has 206 valence electrons. The van der Waals surface area contributed by atoms with Crippen LogP contribution < -0.4 is 15.4 Å². The molecular weight excluding hydrogens is 514 g/mol. The van der Waals surface area contributed by atoms with Crippen LogP contribution in [0.15, 0.2) is 42.5 Å². The lowest BCUT2D eigenvalue weighted by molar-refractivity contribution is -0.185. The maximum atomic E-state index is 13.9. The predicted molar refractivity (Wildman–Crippen MR) is 154 cm³/mol. The quantitative estimate of drug-likeness (QED) is 0.316. The van der Waals surface area contributed by atoms with Crippen molar-refractivity contribution in [2.75, 3.05) is 17.7 Å². The minimum Gasteiger partial charge on any atom is -0.497 e. The monoisotopic (exact) mass is 549 g/mol. The second kappa shape index (κ2) is 12.3. The molecule has 1 saturated carbocycles. The SMILES string of the molecule is COc1ccc(-c2cc(NC(=O)Nc3c(C)cc(C)cc3C)c(C(=O)N(OC(C)=O)C3CCCCC3)s2)cc1. The first-order chi connectivity index (χ1) is 18.7. The summed E-state index contributed by atoms with van der Waals surface area (Å²) >= 11 is 1.24. The number of rotatable bonds is 6. The van der Waals surface area contributed by atoms with E-state index in [-0.39, 0.29) is 6.04 Å². The van der Waals surface area contributed by atoms with Crippen LogP contribution in [0, 0.1) is 20.8 Å². The number of hydroxylamine groups is 2. The molecule has 0 saturated heterocycles. The van der Waals surface area contributed by atoms with Gasteiger partial charge < -0.3 is 20.2 Å². The van der Waals surface area contributed by atoms with E-state index >= 15 is 0 Å². The van der Waals surface area contributed by atoms with Crippen molar-refractivity contribution in [2.24, 2.45) is 0 Å². The van der Waals surface area contributed by atoms with Crippen LogP contribution in [0.25, 0.3) is 10.4 Å². The van der Waals surface area contributed by atoms with Gasteiger partial charge in [0.25, 0.3) is 5.91 Å². The number of ether oxygens (including phenoxy) is 1. The van der Waals surface area contributed by atoms with Crippen molar-refractivity contribution in [3.8, 4) is 16.2 Å². The Hall–Kier alpha value is -3.85. The van der Waals surface area contributed by atoms with E-state index in [0.717, 1.165) is 64.9 Å². The molecule has 1 aliphatic carbocycles. The number of amides is 3. The third-order valence-electron chi connectivity index (χ3n) is 6.80. The predicted octanol–water partition coefficient (Wildman–Crippen LogP) is 7.25. The zero-order valence-electron chi connectivity index (χ0n) is 23.1. The van der Waals surface area contributed by atoms with E-state index in [2.05, 4.69) is 10.6 Å². The van der Waals surface area contributed by atoms with Crippen molar-refractivity contribution in [1.29, 1.82) is 0 Å². The van der Waals surface area contributed by atoms with Crippen LogP contribution in [0.2, 0.25) is 0 Å². The van der Waals surface area contributed by atoms with Gasteiger partial charge in [0.05, 0.1) is 18.8 Å². The van der Waals surface area contributed by atoms with Crippen LogP contribution in [-0.4, -0.2) is 36.1 Å². The van der Waals surface area contributed by atoms with E-state index in [9.17, 15) is 14.4 Å². The van der Waals surface area contributed by atoms with Gasteiger partial charge in [0.1, 0.15) is 10.6 Å². The van der Waals surface area contributed by atoms with Gasteiger partial charge in [-0.2, -0.15) is 5.06 Å². The maximum absolute atomic E-state index is 13.9. The number of hydrogen-bond acceptors (Lipinski definition) is 6. The largest absolute Gasteiger partial charge is 0.497 e. The molecule has 1 fully saturated rings. The standard InChI is InChI=1S/C30H35N3O5S/c1-18-15-19(2)27(20(3)16-18)32-30(36)31-25-17-26(22-11-13-24(37-5)14-12-22)39-28(25)29(35)33(38-21(4)34)23-9-7-6-8-10-23/h11-17,23H,6-10H2,1-5H3,(H2,31,32,36). The highest BCUT2D eigenvalue weighted by Crippen LogP contribution is 2.38.